The van der Waals surface area contributed by atoms with E-state index >= 15 is 0 Å². The van der Waals surface area contributed by atoms with Gasteiger partial charge in [0.25, 0.3) is 5.91 Å². The van der Waals surface area contributed by atoms with Crippen molar-refractivity contribution in [3.05, 3.63) is 47.8 Å². The molecule has 1 aromatic carbocycles. The van der Waals surface area contributed by atoms with Gasteiger partial charge in [0.2, 0.25) is 0 Å². The van der Waals surface area contributed by atoms with Crippen LogP contribution >= 0.6 is 0 Å². The predicted molar refractivity (Wildman–Crippen MR) is 71.9 cm³/mol. The summed E-state index contributed by atoms with van der Waals surface area (Å²) in [6.45, 7) is 0.899. The normalized spacial score (nSPS) is 14.5. The van der Waals surface area contributed by atoms with Gasteiger partial charge in [-0.1, -0.05) is 12.1 Å². The summed E-state index contributed by atoms with van der Waals surface area (Å²) in [4.78, 5) is 11.0. The van der Waals surface area contributed by atoms with Crippen molar-refractivity contribution in [1.82, 2.24) is 15.1 Å². The third-order valence-corrected chi connectivity index (χ3v) is 3.24. The van der Waals surface area contributed by atoms with Crippen LogP contribution in [0.3, 0.4) is 0 Å². The van der Waals surface area contributed by atoms with Crippen LogP contribution in [-0.4, -0.2) is 21.7 Å². The molecule has 98 valence electrons. The molecular formula is C14H16N4O. The molecule has 1 aliphatic rings. The lowest BCUT2D eigenvalue weighted by Gasteiger charge is -2.05. The van der Waals surface area contributed by atoms with Crippen LogP contribution in [0.2, 0.25) is 0 Å². The molecule has 1 saturated carbocycles. The van der Waals surface area contributed by atoms with Gasteiger partial charge in [0.1, 0.15) is 0 Å². The Labute approximate surface area is 111 Å². The molecule has 5 heteroatoms. The van der Waals surface area contributed by atoms with Crippen molar-refractivity contribution in [3.63, 3.8) is 0 Å². The second-order valence-electron chi connectivity index (χ2n) is 4.86. The number of benzene rings is 1. The maximum Gasteiger partial charge on any atom is 0.251 e. The lowest BCUT2D eigenvalue weighted by Crippen LogP contribution is -2.15. The number of nitrogens with one attached hydrogen (secondary N) is 1. The molecule has 19 heavy (non-hydrogen) atoms. The highest BCUT2D eigenvalue weighted by Gasteiger charge is 2.19. The number of hydrogen-bond donors (Lipinski definition) is 2. The summed E-state index contributed by atoms with van der Waals surface area (Å²) in [5, 5.41) is 7.59. The Morgan fingerprint density at radius 3 is 2.68 bits per heavy atom. The summed E-state index contributed by atoms with van der Waals surface area (Å²) in [7, 11) is 0. The average molecular weight is 256 g/mol. The Balaban J connectivity index is 1.71. The minimum Gasteiger partial charge on any atom is -0.366 e. The van der Waals surface area contributed by atoms with Crippen LogP contribution in [0.5, 0.6) is 0 Å². The molecule has 1 aromatic heterocycles. The fraction of sp³-hybridized carbons (Fsp3) is 0.286. The third-order valence-electron chi connectivity index (χ3n) is 3.24. The lowest BCUT2D eigenvalue weighted by molar-refractivity contribution is 0.100. The minimum atomic E-state index is -0.462. The number of hydrogen-bond acceptors (Lipinski definition) is 3. The highest BCUT2D eigenvalue weighted by atomic mass is 16.1. The number of aromatic nitrogens is 2. The zero-order chi connectivity index (χ0) is 13.2. The van der Waals surface area contributed by atoms with Crippen molar-refractivity contribution in [2.45, 2.75) is 25.4 Å². The van der Waals surface area contributed by atoms with Crippen molar-refractivity contribution >= 4 is 5.91 Å². The summed E-state index contributed by atoms with van der Waals surface area (Å²) in [6.07, 6.45) is 5.70. The van der Waals surface area contributed by atoms with Crippen LogP contribution < -0.4 is 11.1 Å². The van der Waals surface area contributed by atoms with Crippen molar-refractivity contribution in [2.24, 2.45) is 5.73 Å². The topological polar surface area (TPSA) is 72.9 Å². The van der Waals surface area contributed by atoms with Crippen LogP contribution in [0.25, 0.3) is 5.69 Å². The smallest absolute Gasteiger partial charge is 0.251 e. The molecular weight excluding hydrogens is 240 g/mol. The van der Waals surface area contributed by atoms with E-state index in [0.29, 0.717) is 11.6 Å². The first kappa shape index (κ1) is 11.9. The standard InChI is InChI=1S/C14H16N4O/c15-14(19)11-8-17-18(9-11)13-5-1-10(2-6-13)7-16-12-3-4-12/h1-2,5-6,8-9,12,16H,3-4,7H2,(H2,15,19). The minimum absolute atomic E-state index is 0.416. The Kier molecular flexibility index (Phi) is 3.05. The number of primary amides is 1. The van der Waals surface area contributed by atoms with Crippen LogP contribution in [0.15, 0.2) is 36.7 Å². The average Bonchev–Trinajstić information content (AvgIpc) is 3.11. The van der Waals surface area contributed by atoms with E-state index < -0.39 is 5.91 Å². The van der Waals surface area contributed by atoms with Gasteiger partial charge in [0.05, 0.1) is 17.4 Å². The molecule has 5 nitrogen and oxygen atoms in total. The molecule has 3 N–H and O–H groups in total. The summed E-state index contributed by atoms with van der Waals surface area (Å²) in [5.41, 5.74) is 7.79. The molecule has 0 atom stereocenters. The number of nitrogens with two attached hydrogens (primary N) is 1. The predicted octanol–water partition coefficient (Wildman–Crippen LogP) is 1.22. The monoisotopic (exact) mass is 256 g/mol. The van der Waals surface area contributed by atoms with E-state index in [-0.39, 0.29) is 0 Å². The largest absolute Gasteiger partial charge is 0.366 e. The van der Waals surface area contributed by atoms with Gasteiger partial charge in [-0.25, -0.2) is 4.68 Å². The molecule has 1 amide bonds. The number of rotatable bonds is 5. The van der Waals surface area contributed by atoms with Gasteiger partial charge in [-0.3, -0.25) is 4.79 Å². The first-order chi connectivity index (χ1) is 9.22. The highest BCUT2D eigenvalue weighted by Crippen LogP contribution is 2.19. The fourth-order valence-electron chi connectivity index (χ4n) is 1.91. The first-order valence-electron chi connectivity index (χ1n) is 6.39. The summed E-state index contributed by atoms with van der Waals surface area (Å²) in [5.74, 6) is -0.462. The van der Waals surface area contributed by atoms with Crippen LogP contribution in [0.4, 0.5) is 0 Å². The number of nitrogens with zero attached hydrogens (tertiary/aromatic N) is 2. The molecule has 1 fully saturated rings. The van der Waals surface area contributed by atoms with E-state index in [1.165, 1.54) is 24.6 Å². The van der Waals surface area contributed by atoms with E-state index in [1.807, 2.05) is 12.1 Å². The Morgan fingerprint density at radius 2 is 2.11 bits per heavy atom. The lowest BCUT2D eigenvalue weighted by atomic mass is 10.2. The molecule has 0 aliphatic heterocycles. The van der Waals surface area contributed by atoms with Gasteiger partial charge in [0.15, 0.2) is 0 Å². The zero-order valence-electron chi connectivity index (χ0n) is 10.5. The molecule has 1 heterocycles. The Morgan fingerprint density at radius 1 is 1.37 bits per heavy atom. The highest BCUT2D eigenvalue weighted by molar-refractivity contribution is 5.92. The van der Waals surface area contributed by atoms with Crippen molar-refractivity contribution in [2.75, 3.05) is 0 Å². The maximum atomic E-state index is 11.0. The van der Waals surface area contributed by atoms with E-state index in [9.17, 15) is 4.79 Å². The Hall–Kier alpha value is -2.14. The van der Waals surface area contributed by atoms with Crippen molar-refractivity contribution < 1.29 is 4.79 Å². The zero-order valence-corrected chi connectivity index (χ0v) is 10.5. The SMILES string of the molecule is NC(=O)c1cnn(-c2ccc(CNC3CC3)cc2)c1. The third kappa shape index (κ3) is 2.82. The molecule has 0 spiro atoms. The molecule has 0 radical (unpaired) electrons. The number of carbonyl (C=O) groups excluding carboxylic acids is 1. The maximum absolute atomic E-state index is 11.0. The second-order valence-corrected chi connectivity index (χ2v) is 4.86. The first-order valence-corrected chi connectivity index (χ1v) is 6.39. The van der Waals surface area contributed by atoms with Crippen molar-refractivity contribution in [3.8, 4) is 5.69 Å². The van der Waals surface area contributed by atoms with Crippen LogP contribution in [-0.2, 0) is 6.54 Å². The van der Waals surface area contributed by atoms with Crippen LogP contribution in [0.1, 0.15) is 28.8 Å². The molecule has 0 saturated heterocycles. The van der Waals surface area contributed by atoms with Gasteiger partial charge < -0.3 is 11.1 Å². The van der Waals surface area contributed by atoms with Gasteiger partial charge in [0, 0.05) is 18.8 Å². The van der Waals surface area contributed by atoms with E-state index in [0.717, 1.165) is 12.2 Å². The fourth-order valence-corrected chi connectivity index (χ4v) is 1.91. The van der Waals surface area contributed by atoms with Gasteiger partial charge >= 0.3 is 0 Å². The van der Waals surface area contributed by atoms with Crippen molar-refractivity contribution in [1.29, 1.82) is 0 Å². The van der Waals surface area contributed by atoms with Crippen LogP contribution in [0, 0.1) is 0 Å². The van der Waals surface area contributed by atoms with Gasteiger partial charge in [-0.05, 0) is 30.5 Å². The molecule has 2 aromatic rings. The van der Waals surface area contributed by atoms with Gasteiger partial charge in [-0.2, -0.15) is 5.10 Å². The van der Waals surface area contributed by atoms with Gasteiger partial charge in [-0.15, -0.1) is 0 Å². The quantitative estimate of drug-likeness (QED) is 0.845. The summed E-state index contributed by atoms with van der Waals surface area (Å²) in [6, 6.07) is 8.82. The molecule has 3 rings (SSSR count). The number of amides is 1. The molecule has 0 unspecified atom stereocenters. The van der Waals surface area contributed by atoms with E-state index in [2.05, 4.69) is 22.5 Å². The van der Waals surface area contributed by atoms with E-state index in [1.54, 1.807) is 10.9 Å². The number of carbonyl (C=O) groups is 1. The molecule has 0 bridgehead atoms. The summed E-state index contributed by atoms with van der Waals surface area (Å²) < 4.78 is 1.65. The summed E-state index contributed by atoms with van der Waals surface area (Å²) >= 11 is 0. The molecule has 1 aliphatic carbocycles. The van der Waals surface area contributed by atoms with E-state index in [4.69, 9.17) is 5.73 Å². The Bertz CT molecular complexity index is 584. The second kappa shape index (κ2) is 4.85.